The van der Waals surface area contributed by atoms with Crippen LogP contribution in [0, 0.1) is 0 Å². The number of nitrogens with one attached hydrogen (secondary N) is 1. The molecule has 4 nitrogen and oxygen atoms in total. The fourth-order valence-electron chi connectivity index (χ4n) is 2.82. The zero-order chi connectivity index (χ0) is 17.6. The minimum atomic E-state index is -1.28. The minimum absolute atomic E-state index is 0. The molecule has 1 amide bonds. The maximum atomic E-state index is 12.1. The molecule has 1 unspecified atom stereocenters. The van der Waals surface area contributed by atoms with Crippen LogP contribution in [-0.4, -0.2) is 17.9 Å². The number of amides is 1. The molecule has 3 rings (SSSR count). The van der Waals surface area contributed by atoms with Crippen molar-refractivity contribution in [1.29, 1.82) is 0 Å². The fraction of sp³-hybridized carbons (Fsp3) is 0.143. The number of hydrogen-bond donors (Lipinski definition) is 1. The number of carbonyl (C=O) groups is 2. The molecule has 0 heterocycles. The van der Waals surface area contributed by atoms with E-state index in [1.807, 2.05) is 72.8 Å². The SMILES string of the molecule is O=C(Cc1ccccc1)NC(Cc1ccc2ccccc2c1)C(=O)[O-].[Na+]. The molecule has 0 fully saturated rings. The molecule has 0 aliphatic rings. The van der Waals surface area contributed by atoms with Gasteiger partial charge in [-0.3, -0.25) is 4.79 Å². The zero-order valence-corrected chi connectivity index (χ0v) is 16.6. The third-order valence-corrected chi connectivity index (χ3v) is 4.08. The van der Waals surface area contributed by atoms with Gasteiger partial charge in [-0.15, -0.1) is 0 Å². The third-order valence-electron chi connectivity index (χ3n) is 4.08. The van der Waals surface area contributed by atoms with Gasteiger partial charge in [0.15, 0.2) is 0 Å². The van der Waals surface area contributed by atoms with Crippen LogP contribution in [0.4, 0.5) is 0 Å². The summed E-state index contributed by atoms with van der Waals surface area (Å²) in [5.74, 6) is -1.62. The van der Waals surface area contributed by atoms with Gasteiger partial charge >= 0.3 is 29.6 Å². The molecule has 0 spiro atoms. The van der Waals surface area contributed by atoms with E-state index in [1.54, 1.807) is 0 Å². The van der Waals surface area contributed by atoms with Gasteiger partial charge in [0.2, 0.25) is 5.91 Å². The van der Waals surface area contributed by atoms with Gasteiger partial charge < -0.3 is 15.2 Å². The molecule has 0 saturated carbocycles. The van der Waals surface area contributed by atoms with E-state index in [9.17, 15) is 14.7 Å². The van der Waals surface area contributed by atoms with Gasteiger partial charge in [0.1, 0.15) is 0 Å². The van der Waals surface area contributed by atoms with E-state index in [1.165, 1.54) is 0 Å². The second kappa shape index (κ2) is 9.53. The molecule has 0 aliphatic carbocycles. The van der Waals surface area contributed by atoms with E-state index < -0.39 is 12.0 Å². The van der Waals surface area contributed by atoms with Gasteiger partial charge in [-0.05, 0) is 28.3 Å². The van der Waals surface area contributed by atoms with Crippen LogP contribution >= 0.6 is 0 Å². The first-order chi connectivity index (χ1) is 12.1. The summed E-state index contributed by atoms with van der Waals surface area (Å²) >= 11 is 0. The summed E-state index contributed by atoms with van der Waals surface area (Å²) in [5.41, 5.74) is 1.68. The van der Waals surface area contributed by atoms with E-state index in [0.29, 0.717) is 0 Å². The molecule has 126 valence electrons. The van der Waals surface area contributed by atoms with Crippen LogP contribution in [0.15, 0.2) is 72.8 Å². The first-order valence-electron chi connectivity index (χ1n) is 8.13. The Hall–Kier alpha value is -2.14. The van der Waals surface area contributed by atoms with E-state index in [2.05, 4.69) is 5.32 Å². The van der Waals surface area contributed by atoms with Crippen molar-refractivity contribution in [3.63, 3.8) is 0 Å². The number of benzene rings is 3. The van der Waals surface area contributed by atoms with E-state index in [-0.39, 0.29) is 48.3 Å². The van der Waals surface area contributed by atoms with Gasteiger partial charge in [-0.25, -0.2) is 0 Å². The largest absolute Gasteiger partial charge is 1.00 e. The number of rotatable bonds is 6. The predicted molar refractivity (Wildman–Crippen MR) is 94.7 cm³/mol. The Morgan fingerprint density at radius 2 is 1.50 bits per heavy atom. The van der Waals surface area contributed by atoms with Crippen LogP contribution in [0.2, 0.25) is 0 Å². The summed E-state index contributed by atoms with van der Waals surface area (Å²) in [7, 11) is 0. The van der Waals surface area contributed by atoms with Crippen LogP contribution in [0.3, 0.4) is 0 Å². The number of carboxylic acids is 1. The minimum Gasteiger partial charge on any atom is -0.548 e. The van der Waals surface area contributed by atoms with Gasteiger partial charge in [0, 0.05) is 0 Å². The van der Waals surface area contributed by atoms with Crippen molar-refractivity contribution in [3.05, 3.63) is 83.9 Å². The number of aliphatic carboxylic acids is 1. The topological polar surface area (TPSA) is 69.2 Å². The summed E-state index contributed by atoms with van der Waals surface area (Å²) in [4.78, 5) is 23.6. The molecule has 0 aliphatic heterocycles. The maximum Gasteiger partial charge on any atom is 1.00 e. The van der Waals surface area contributed by atoms with Crippen molar-refractivity contribution < 1.29 is 44.3 Å². The predicted octanol–water partition coefficient (Wildman–Crippen LogP) is -1.14. The summed E-state index contributed by atoms with van der Waals surface area (Å²) < 4.78 is 0. The molecular formula is C21H18NNaO3. The Bertz CT molecular complexity index is 896. The molecule has 3 aromatic rings. The number of carbonyl (C=O) groups excluding carboxylic acids is 2. The summed E-state index contributed by atoms with van der Waals surface area (Å²) in [5, 5.41) is 16.1. The molecule has 0 bridgehead atoms. The smallest absolute Gasteiger partial charge is 0.548 e. The first kappa shape index (κ1) is 20.2. The second-order valence-electron chi connectivity index (χ2n) is 5.99. The van der Waals surface area contributed by atoms with Crippen molar-refractivity contribution >= 4 is 22.6 Å². The molecule has 1 N–H and O–H groups in total. The number of fused-ring (bicyclic) bond motifs is 1. The molecule has 0 radical (unpaired) electrons. The normalized spacial score (nSPS) is 11.4. The Morgan fingerprint density at radius 1 is 0.846 bits per heavy atom. The van der Waals surface area contributed by atoms with Crippen LogP contribution in [0.1, 0.15) is 11.1 Å². The van der Waals surface area contributed by atoms with Crippen LogP contribution in [0.5, 0.6) is 0 Å². The van der Waals surface area contributed by atoms with Gasteiger partial charge in [-0.2, -0.15) is 0 Å². The van der Waals surface area contributed by atoms with Crippen molar-refractivity contribution in [1.82, 2.24) is 5.32 Å². The number of hydrogen-bond acceptors (Lipinski definition) is 3. The second-order valence-corrected chi connectivity index (χ2v) is 5.99. The molecule has 0 saturated heterocycles. The monoisotopic (exact) mass is 355 g/mol. The number of carboxylic acid groups (broad SMARTS) is 1. The molecule has 0 aromatic heterocycles. The van der Waals surface area contributed by atoms with Crippen molar-refractivity contribution in [2.45, 2.75) is 18.9 Å². The van der Waals surface area contributed by atoms with E-state index in [0.717, 1.165) is 21.9 Å². The average molecular weight is 355 g/mol. The van der Waals surface area contributed by atoms with Crippen LogP contribution in [-0.2, 0) is 22.4 Å². The van der Waals surface area contributed by atoms with Crippen molar-refractivity contribution in [2.24, 2.45) is 0 Å². The van der Waals surface area contributed by atoms with Crippen LogP contribution in [0.25, 0.3) is 10.8 Å². The van der Waals surface area contributed by atoms with E-state index >= 15 is 0 Å². The Balaban J connectivity index is 0.00000243. The van der Waals surface area contributed by atoms with Crippen molar-refractivity contribution in [3.8, 4) is 0 Å². The Labute approximate surface area is 174 Å². The summed E-state index contributed by atoms with van der Waals surface area (Å²) in [6.07, 6.45) is 0.329. The van der Waals surface area contributed by atoms with Gasteiger partial charge in [0.25, 0.3) is 0 Å². The summed E-state index contributed by atoms with van der Waals surface area (Å²) in [6.45, 7) is 0. The van der Waals surface area contributed by atoms with Crippen molar-refractivity contribution in [2.75, 3.05) is 0 Å². The molecule has 26 heavy (non-hydrogen) atoms. The molecule has 5 heteroatoms. The van der Waals surface area contributed by atoms with Gasteiger partial charge in [-0.1, -0.05) is 72.8 Å². The fourth-order valence-corrected chi connectivity index (χ4v) is 2.82. The standard InChI is InChI=1S/C21H19NO3.Na/c23-20(14-15-6-2-1-3-7-15)22-19(21(24)25)13-16-10-11-17-8-4-5-9-18(17)12-16;/h1-12,19H,13-14H2,(H,22,23)(H,24,25);/q;+1/p-1. The quantitative estimate of drug-likeness (QED) is 0.569. The van der Waals surface area contributed by atoms with Gasteiger partial charge in [0.05, 0.1) is 18.4 Å². The van der Waals surface area contributed by atoms with E-state index in [4.69, 9.17) is 0 Å². The van der Waals surface area contributed by atoms with Crippen LogP contribution < -0.4 is 40.0 Å². The molecule has 3 aromatic carbocycles. The zero-order valence-electron chi connectivity index (χ0n) is 14.6. The third kappa shape index (κ3) is 5.43. The first-order valence-corrected chi connectivity index (χ1v) is 8.13. The maximum absolute atomic E-state index is 12.1. The molecule has 1 atom stereocenters. The summed E-state index contributed by atoms with van der Waals surface area (Å²) in [6, 6.07) is 21.8. The Kier molecular flexibility index (Phi) is 7.39. The average Bonchev–Trinajstić information content (AvgIpc) is 2.62. The Morgan fingerprint density at radius 3 is 2.19 bits per heavy atom. The molecular weight excluding hydrogens is 337 g/mol.